The topological polar surface area (TPSA) is 12.9 Å². The third-order valence-electron chi connectivity index (χ3n) is 0.663. The van der Waals surface area contributed by atoms with Gasteiger partial charge in [-0.3, -0.25) is 0 Å². The Morgan fingerprint density at radius 1 is 1.29 bits per heavy atom. The van der Waals surface area contributed by atoms with E-state index in [4.69, 9.17) is 0 Å². The number of nitrogens with zero attached hydrogens (tertiary/aromatic N) is 1. The van der Waals surface area contributed by atoms with Crippen LogP contribution in [0.15, 0.2) is 24.5 Å². The fourth-order valence-corrected chi connectivity index (χ4v) is 0.624. The summed E-state index contributed by atoms with van der Waals surface area (Å²) in [6.07, 6.45) is 3.54. The number of hydrogen-bond donors (Lipinski definition) is 0. The van der Waals surface area contributed by atoms with Gasteiger partial charge in [0, 0.05) is 0 Å². The summed E-state index contributed by atoms with van der Waals surface area (Å²) in [5.41, 5.74) is 0. The van der Waals surface area contributed by atoms with Gasteiger partial charge in [-0.05, 0) is 0 Å². The van der Waals surface area contributed by atoms with Crippen LogP contribution in [0.4, 0.5) is 0 Å². The minimum absolute atomic E-state index is 1.20. The van der Waals surface area contributed by atoms with Crippen molar-refractivity contribution in [1.82, 2.24) is 4.98 Å². The second kappa shape index (κ2) is 2.10. The van der Waals surface area contributed by atoms with E-state index in [1.807, 2.05) is 12.1 Å². The Balaban J connectivity index is 3.02. The van der Waals surface area contributed by atoms with Crippen LogP contribution in [0.2, 0.25) is 0 Å². The molecule has 0 atom stereocenters. The van der Waals surface area contributed by atoms with Crippen molar-refractivity contribution in [2.45, 2.75) is 0 Å². The first-order valence-corrected chi connectivity index (χ1v) is 2.92. The molecule has 0 unspecified atom stereocenters. The predicted octanol–water partition coefficient (Wildman–Crippen LogP) is -0.392. The molecule has 1 aromatic rings. The van der Waals surface area contributed by atoms with Gasteiger partial charge in [0.1, 0.15) is 0 Å². The second-order valence-electron chi connectivity index (χ2n) is 1.21. The summed E-state index contributed by atoms with van der Waals surface area (Å²) in [7, 11) is 0. The van der Waals surface area contributed by atoms with Crippen molar-refractivity contribution < 1.29 is 0 Å². The summed E-state index contributed by atoms with van der Waals surface area (Å²) in [5.74, 6) is 0. The van der Waals surface area contributed by atoms with Crippen LogP contribution >= 0.6 is 0 Å². The third kappa shape index (κ3) is 1.30. The fourth-order valence-electron chi connectivity index (χ4n) is 0.344. The Labute approximate surface area is 50.6 Å². The molecule has 0 radical (unpaired) electrons. The Morgan fingerprint density at radius 2 is 1.86 bits per heavy atom. The summed E-state index contributed by atoms with van der Waals surface area (Å²) < 4.78 is 1.20. The van der Waals surface area contributed by atoms with E-state index < -0.39 is 0 Å². The standard InChI is InChI=1S/C5H5NSe/c7-5-1-3-6-4-2-5/h1-4H,(H,6,7). The molecule has 0 aliphatic carbocycles. The zero-order valence-electron chi connectivity index (χ0n) is 3.70. The predicted molar refractivity (Wildman–Crippen MR) is 31.0 cm³/mol. The maximum absolute atomic E-state index is 3.84. The Hall–Kier alpha value is -0.331. The van der Waals surface area contributed by atoms with Crippen molar-refractivity contribution in [3.8, 4) is 0 Å². The number of hydrogen-bond acceptors (Lipinski definition) is 1. The summed E-state index contributed by atoms with van der Waals surface area (Å²) in [6, 6.07) is 3.89. The number of aromatic nitrogens is 1. The van der Waals surface area contributed by atoms with Crippen LogP contribution in [-0.4, -0.2) is 21.0 Å². The van der Waals surface area contributed by atoms with Crippen molar-refractivity contribution in [3.63, 3.8) is 0 Å². The van der Waals surface area contributed by atoms with Crippen LogP contribution in [-0.2, 0) is 0 Å². The SMILES string of the molecule is [SeH]c1ccncc1. The molecule has 0 saturated carbocycles. The van der Waals surface area contributed by atoms with E-state index in [0.717, 1.165) is 0 Å². The normalized spacial score (nSPS) is 8.71. The van der Waals surface area contributed by atoms with Gasteiger partial charge in [-0.25, -0.2) is 0 Å². The van der Waals surface area contributed by atoms with Crippen LogP contribution in [0.5, 0.6) is 0 Å². The molecule has 0 aliphatic rings. The first-order chi connectivity index (χ1) is 3.39. The van der Waals surface area contributed by atoms with Gasteiger partial charge in [0.05, 0.1) is 0 Å². The van der Waals surface area contributed by atoms with Crippen molar-refractivity contribution >= 4 is 20.5 Å². The quantitative estimate of drug-likeness (QED) is 0.468. The number of rotatable bonds is 0. The first-order valence-electron chi connectivity index (χ1n) is 1.98. The molecule has 2 heteroatoms. The average Bonchev–Trinajstić information content (AvgIpc) is 1.69. The van der Waals surface area contributed by atoms with Crippen molar-refractivity contribution in [2.24, 2.45) is 0 Å². The first kappa shape index (κ1) is 4.82. The molecule has 1 rings (SSSR count). The molecule has 0 bridgehead atoms. The molecule has 0 aromatic carbocycles. The molecule has 7 heavy (non-hydrogen) atoms. The molecule has 0 amide bonds. The molecule has 0 N–H and O–H groups in total. The van der Waals surface area contributed by atoms with Crippen molar-refractivity contribution in [2.75, 3.05) is 0 Å². The van der Waals surface area contributed by atoms with E-state index >= 15 is 0 Å². The molecule has 1 nitrogen and oxygen atoms in total. The second-order valence-corrected chi connectivity index (χ2v) is 2.29. The summed E-state index contributed by atoms with van der Waals surface area (Å²) in [6.45, 7) is 0. The van der Waals surface area contributed by atoms with Crippen LogP contribution < -0.4 is 4.46 Å². The van der Waals surface area contributed by atoms with E-state index in [2.05, 4.69) is 21.0 Å². The van der Waals surface area contributed by atoms with Crippen molar-refractivity contribution in [3.05, 3.63) is 24.5 Å². The minimum atomic E-state index is 1.20. The Kier molecular flexibility index (Phi) is 1.45. The van der Waals surface area contributed by atoms with Gasteiger partial charge in [0.2, 0.25) is 0 Å². The monoisotopic (exact) mass is 159 g/mol. The van der Waals surface area contributed by atoms with Crippen LogP contribution in [0.3, 0.4) is 0 Å². The van der Waals surface area contributed by atoms with Gasteiger partial charge in [-0.15, -0.1) is 0 Å². The summed E-state index contributed by atoms with van der Waals surface area (Å²) >= 11 is 2.45. The number of pyridine rings is 1. The molecule has 0 saturated heterocycles. The van der Waals surface area contributed by atoms with E-state index in [-0.39, 0.29) is 0 Å². The summed E-state index contributed by atoms with van der Waals surface area (Å²) in [4.78, 5) is 3.84. The summed E-state index contributed by atoms with van der Waals surface area (Å²) in [5, 5.41) is 0. The zero-order chi connectivity index (χ0) is 5.11. The molecule has 0 fully saturated rings. The Bertz CT molecular complexity index is 138. The van der Waals surface area contributed by atoms with Gasteiger partial charge >= 0.3 is 50.0 Å². The molecule has 0 aliphatic heterocycles. The van der Waals surface area contributed by atoms with E-state index in [0.29, 0.717) is 0 Å². The van der Waals surface area contributed by atoms with Gasteiger partial charge in [-0.1, -0.05) is 0 Å². The molecule has 1 aromatic heterocycles. The third-order valence-corrected chi connectivity index (χ3v) is 1.29. The van der Waals surface area contributed by atoms with Crippen LogP contribution in [0, 0.1) is 0 Å². The molecular weight excluding hydrogens is 153 g/mol. The average molecular weight is 158 g/mol. The zero-order valence-corrected chi connectivity index (χ0v) is 5.58. The van der Waals surface area contributed by atoms with Gasteiger partial charge in [-0.2, -0.15) is 0 Å². The molecule has 36 valence electrons. The van der Waals surface area contributed by atoms with Gasteiger partial charge in [0.25, 0.3) is 0 Å². The van der Waals surface area contributed by atoms with Gasteiger partial charge in [0.15, 0.2) is 0 Å². The molecule has 1 heterocycles. The van der Waals surface area contributed by atoms with Crippen LogP contribution in [0.1, 0.15) is 0 Å². The van der Waals surface area contributed by atoms with Gasteiger partial charge < -0.3 is 0 Å². The van der Waals surface area contributed by atoms with E-state index in [1.165, 1.54) is 4.46 Å². The van der Waals surface area contributed by atoms with E-state index in [9.17, 15) is 0 Å². The van der Waals surface area contributed by atoms with E-state index in [1.54, 1.807) is 12.4 Å². The maximum atomic E-state index is 3.84. The van der Waals surface area contributed by atoms with Crippen molar-refractivity contribution in [1.29, 1.82) is 0 Å². The molecule has 0 spiro atoms. The molecular formula is C5H5NSe. The van der Waals surface area contributed by atoms with Crippen LogP contribution in [0.25, 0.3) is 0 Å². The Morgan fingerprint density at radius 3 is 2.14 bits per heavy atom. The fraction of sp³-hybridized carbons (Fsp3) is 0.